The van der Waals surface area contributed by atoms with Gasteiger partial charge in [-0.1, -0.05) is 19.1 Å². The summed E-state index contributed by atoms with van der Waals surface area (Å²) < 4.78 is 0. The highest BCUT2D eigenvalue weighted by molar-refractivity contribution is 5.90. The second kappa shape index (κ2) is 5.14. The molecule has 0 aliphatic rings. The maximum atomic E-state index is 11.1. The molecule has 0 spiro atoms. The third kappa shape index (κ3) is 3.81. The average Bonchev–Trinajstić information content (AvgIpc) is 2.17. The third-order valence-electron chi connectivity index (χ3n) is 1.89. The van der Waals surface area contributed by atoms with Crippen molar-refractivity contribution in [2.45, 2.75) is 19.8 Å². The summed E-state index contributed by atoms with van der Waals surface area (Å²) in [5.74, 6) is -0.962. The second-order valence-electron chi connectivity index (χ2n) is 3.17. The van der Waals surface area contributed by atoms with E-state index in [-0.39, 0.29) is 12.3 Å². The molecule has 1 aromatic carbocycles. The number of carbonyl (C=O) groups is 2. The highest BCUT2D eigenvalue weighted by Gasteiger charge is 2.02. The van der Waals surface area contributed by atoms with E-state index >= 15 is 0 Å². The molecular weight excluding hydrogens is 194 g/mol. The molecule has 4 nitrogen and oxygen atoms in total. The monoisotopic (exact) mass is 207 g/mol. The van der Waals surface area contributed by atoms with Gasteiger partial charge in [0, 0.05) is 12.1 Å². The number of carboxylic acids is 1. The Morgan fingerprint density at radius 3 is 2.73 bits per heavy atom. The Balaban J connectivity index is 2.74. The fourth-order valence-electron chi connectivity index (χ4n) is 1.18. The van der Waals surface area contributed by atoms with Gasteiger partial charge < -0.3 is 10.4 Å². The molecule has 0 bridgehead atoms. The van der Waals surface area contributed by atoms with Gasteiger partial charge in [-0.3, -0.25) is 9.59 Å². The third-order valence-corrected chi connectivity index (χ3v) is 1.89. The van der Waals surface area contributed by atoms with Gasteiger partial charge in [0.05, 0.1) is 6.42 Å². The van der Waals surface area contributed by atoms with Crippen LogP contribution in [0.4, 0.5) is 5.69 Å². The van der Waals surface area contributed by atoms with Crippen molar-refractivity contribution in [1.82, 2.24) is 0 Å². The first kappa shape index (κ1) is 11.2. The molecule has 4 heteroatoms. The number of anilines is 1. The normalized spacial score (nSPS) is 9.67. The van der Waals surface area contributed by atoms with Gasteiger partial charge >= 0.3 is 5.97 Å². The Bertz CT molecular complexity index is 374. The molecule has 15 heavy (non-hydrogen) atoms. The number of rotatable bonds is 4. The summed E-state index contributed by atoms with van der Waals surface area (Å²) >= 11 is 0. The summed E-state index contributed by atoms with van der Waals surface area (Å²) in [7, 11) is 0. The SMILES string of the molecule is CCC(=O)Nc1cccc(CC(=O)O)c1. The van der Waals surface area contributed by atoms with Crippen molar-refractivity contribution in [2.24, 2.45) is 0 Å². The van der Waals surface area contributed by atoms with Gasteiger partial charge in [-0.05, 0) is 17.7 Å². The second-order valence-corrected chi connectivity index (χ2v) is 3.17. The van der Waals surface area contributed by atoms with Crippen LogP contribution in [0.2, 0.25) is 0 Å². The lowest BCUT2D eigenvalue weighted by molar-refractivity contribution is -0.136. The van der Waals surface area contributed by atoms with E-state index in [1.54, 1.807) is 31.2 Å². The Kier molecular flexibility index (Phi) is 3.85. The highest BCUT2D eigenvalue weighted by Crippen LogP contribution is 2.11. The molecule has 1 amide bonds. The van der Waals surface area contributed by atoms with Crippen LogP contribution < -0.4 is 5.32 Å². The molecule has 0 aliphatic carbocycles. The van der Waals surface area contributed by atoms with Crippen molar-refractivity contribution in [3.05, 3.63) is 29.8 Å². The summed E-state index contributed by atoms with van der Waals surface area (Å²) in [6.07, 6.45) is 0.374. The summed E-state index contributed by atoms with van der Waals surface area (Å²) in [4.78, 5) is 21.6. The van der Waals surface area contributed by atoms with Crippen molar-refractivity contribution < 1.29 is 14.7 Å². The molecule has 0 heterocycles. The molecule has 0 unspecified atom stereocenters. The standard InChI is InChI=1S/C11H13NO3/c1-2-10(13)12-9-5-3-4-8(6-9)7-11(14)15/h3-6H,2,7H2,1H3,(H,12,13)(H,14,15). The van der Waals surface area contributed by atoms with Crippen LogP contribution >= 0.6 is 0 Å². The molecule has 0 saturated heterocycles. The number of amides is 1. The van der Waals surface area contributed by atoms with E-state index in [1.807, 2.05) is 0 Å². The Hall–Kier alpha value is -1.84. The lowest BCUT2D eigenvalue weighted by atomic mass is 10.1. The van der Waals surface area contributed by atoms with Crippen molar-refractivity contribution in [2.75, 3.05) is 5.32 Å². The molecule has 1 aromatic rings. The molecule has 0 saturated carbocycles. The maximum absolute atomic E-state index is 11.1. The number of hydrogen-bond donors (Lipinski definition) is 2. The first-order valence-electron chi connectivity index (χ1n) is 4.72. The molecule has 0 aliphatic heterocycles. The first-order chi connectivity index (χ1) is 7.11. The topological polar surface area (TPSA) is 66.4 Å². The predicted molar refractivity (Wildman–Crippen MR) is 56.7 cm³/mol. The minimum Gasteiger partial charge on any atom is -0.481 e. The molecule has 0 aromatic heterocycles. The van der Waals surface area contributed by atoms with Crippen LogP contribution in [-0.4, -0.2) is 17.0 Å². The Morgan fingerprint density at radius 1 is 1.40 bits per heavy atom. The van der Waals surface area contributed by atoms with Gasteiger partial charge in [0.25, 0.3) is 0 Å². The van der Waals surface area contributed by atoms with Crippen molar-refractivity contribution in [3.8, 4) is 0 Å². The molecule has 0 atom stereocenters. The van der Waals surface area contributed by atoms with Crippen molar-refractivity contribution >= 4 is 17.6 Å². The first-order valence-corrected chi connectivity index (χ1v) is 4.72. The van der Waals surface area contributed by atoms with Crippen LogP contribution in [0.15, 0.2) is 24.3 Å². The smallest absolute Gasteiger partial charge is 0.307 e. The van der Waals surface area contributed by atoms with Gasteiger partial charge in [-0.25, -0.2) is 0 Å². The summed E-state index contributed by atoms with van der Waals surface area (Å²) in [6.45, 7) is 1.76. The minimum atomic E-state index is -0.881. The molecule has 1 rings (SSSR count). The van der Waals surface area contributed by atoms with Crippen LogP contribution in [0.3, 0.4) is 0 Å². The van der Waals surface area contributed by atoms with Crippen LogP contribution in [0.1, 0.15) is 18.9 Å². The Morgan fingerprint density at radius 2 is 2.13 bits per heavy atom. The zero-order valence-electron chi connectivity index (χ0n) is 8.49. The van der Waals surface area contributed by atoms with E-state index in [2.05, 4.69) is 5.32 Å². The number of aliphatic carboxylic acids is 1. The zero-order chi connectivity index (χ0) is 11.3. The fraction of sp³-hybridized carbons (Fsp3) is 0.273. The quantitative estimate of drug-likeness (QED) is 0.789. The molecule has 0 radical (unpaired) electrons. The van der Waals surface area contributed by atoms with E-state index in [9.17, 15) is 9.59 Å². The van der Waals surface area contributed by atoms with E-state index < -0.39 is 5.97 Å². The summed E-state index contributed by atoms with van der Waals surface area (Å²) in [5, 5.41) is 11.3. The summed E-state index contributed by atoms with van der Waals surface area (Å²) in [5.41, 5.74) is 1.32. The lowest BCUT2D eigenvalue weighted by Gasteiger charge is -2.04. The minimum absolute atomic E-state index is 0.0319. The molecule has 2 N–H and O–H groups in total. The lowest BCUT2D eigenvalue weighted by Crippen LogP contribution is -2.09. The number of benzene rings is 1. The van der Waals surface area contributed by atoms with Crippen LogP contribution in [0.5, 0.6) is 0 Å². The van der Waals surface area contributed by atoms with Gasteiger partial charge in [0.15, 0.2) is 0 Å². The average molecular weight is 207 g/mol. The zero-order valence-corrected chi connectivity index (χ0v) is 8.49. The van der Waals surface area contributed by atoms with Crippen molar-refractivity contribution in [3.63, 3.8) is 0 Å². The van der Waals surface area contributed by atoms with Crippen LogP contribution in [0.25, 0.3) is 0 Å². The highest BCUT2D eigenvalue weighted by atomic mass is 16.4. The largest absolute Gasteiger partial charge is 0.481 e. The van der Waals surface area contributed by atoms with E-state index in [0.717, 1.165) is 0 Å². The number of carboxylic acid groups (broad SMARTS) is 1. The summed E-state index contributed by atoms with van der Waals surface area (Å²) in [6, 6.07) is 6.85. The van der Waals surface area contributed by atoms with Gasteiger partial charge in [-0.15, -0.1) is 0 Å². The van der Waals surface area contributed by atoms with E-state index in [1.165, 1.54) is 0 Å². The van der Waals surface area contributed by atoms with Crippen molar-refractivity contribution in [1.29, 1.82) is 0 Å². The fourth-order valence-corrected chi connectivity index (χ4v) is 1.18. The maximum Gasteiger partial charge on any atom is 0.307 e. The molecule has 0 fully saturated rings. The number of nitrogens with one attached hydrogen (secondary N) is 1. The van der Waals surface area contributed by atoms with Gasteiger partial charge in [-0.2, -0.15) is 0 Å². The van der Waals surface area contributed by atoms with E-state index in [4.69, 9.17) is 5.11 Å². The van der Waals surface area contributed by atoms with Crippen LogP contribution in [0, 0.1) is 0 Å². The Labute approximate surface area is 87.9 Å². The van der Waals surface area contributed by atoms with Gasteiger partial charge in [0.2, 0.25) is 5.91 Å². The number of hydrogen-bond acceptors (Lipinski definition) is 2. The predicted octanol–water partition coefficient (Wildman–Crippen LogP) is 1.66. The molecular formula is C11H13NO3. The van der Waals surface area contributed by atoms with Crippen LogP contribution in [-0.2, 0) is 16.0 Å². The van der Waals surface area contributed by atoms with Gasteiger partial charge in [0.1, 0.15) is 0 Å². The van der Waals surface area contributed by atoms with E-state index in [0.29, 0.717) is 17.7 Å². The number of carbonyl (C=O) groups excluding carboxylic acids is 1. The molecule has 80 valence electrons.